The van der Waals surface area contributed by atoms with Gasteiger partial charge in [0.05, 0.1) is 5.52 Å². The summed E-state index contributed by atoms with van der Waals surface area (Å²) in [7, 11) is 1.90. The highest BCUT2D eigenvalue weighted by atomic mass is 16.3. The van der Waals surface area contributed by atoms with Gasteiger partial charge < -0.3 is 20.6 Å². The molecule has 0 radical (unpaired) electrons. The quantitative estimate of drug-likeness (QED) is 0.499. The number of pyridine rings is 1. The summed E-state index contributed by atoms with van der Waals surface area (Å²) >= 11 is 0. The normalized spacial score (nSPS) is 19.4. The van der Waals surface area contributed by atoms with Crippen LogP contribution < -0.4 is 20.4 Å². The topological polar surface area (TPSA) is 116 Å². The third-order valence-electron chi connectivity index (χ3n) is 6.16. The van der Waals surface area contributed by atoms with Crippen LogP contribution in [0.25, 0.3) is 10.9 Å². The number of hydrogen-bond acceptors (Lipinski definition) is 6. The molecule has 180 valence electrons. The molecule has 2 aliphatic heterocycles. The second-order valence-electron chi connectivity index (χ2n) is 8.98. The van der Waals surface area contributed by atoms with Crippen LogP contribution in [0.4, 0.5) is 22.0 Å². The van der Waals surface area contributed by atoms with E-state index in [9.17, 15) is 4.79 Å². The fraction of sp³-hybridized carbons (Fsp3) is 0.417. The molecule has 3 N–H and O–H groups in total. The smallest absolute Gasteiger partial charge is 0.327 e. The molecule has 0 saturated carbocycles. The number of carbonyl (C=O) groups is 2. The average molecular weight is 466 g/mol. The number of piperazine rings is 1. The van der Waals surface area contributed by atoms with Crippen molar-refractivity contribution in [1.29, 1.82) is 0 Å². The van der Waals surface area contributed by atoms with Gasteiger partial charge in [-0.25, -0.2) is 9.78 Å². The fourth-order valence-electron chi connectivity index (χ4n) is 4.98. The minimum absolute atomic E-state index is 0.145. The van der Waals surface area contributed by atoms with Gasteiger partial charge in [-0.3, -0.25) is 14.4 Å². The van der Waals surface area contributed by atoms with Crippen LogP contribution >= 0.6 is 0 Å². The predicted molar refractivity (Wildman–Crippen MR) is 133 cm³/mol. The van der Waals surface area contributed by atoms with Crippen LogP contribution in [0, 0.1) is 6.92 Å². The van der Waals surface area contributed by atoms with E-state index in [1.807, 2.05) is 38.5 Å². The summed E-state index contributed by atoms with van der Waals surface area (Å²) in [5, 5.41) is 19.0. The first-order valence-electron chi connectivity index (χ1n) is 11.4. The molecule has 2 aromatic heterocycles. The van der Waals surface area contributed by atoms with E-state index < -0.39 is 0 Å². The number of anilines is 3. The molecule has 2 amide bonds. The number of rotatable bonds is 2. The van der Waals surface area contributed by atoms with Crippen LogP contribution in [-0.4, -0.2) is 64.1 Å². The number of amides is 2. The molecule has 1 saturated heterocycles. The molecule has 2 aliphatic rings. The second-order valence-corrected chi connectivity index (χ2v) is 8.98. The van der Waals surface area contributed by atoms with Gasteiger partial charge in [-0.2, -0.15) is 5.10 Å². The molecular weight excluding hydrogens is 434 g/mol. The molecule has 2 atom stereocenters. The van der Waals surface area contributed by atoms with E-state index in [2.05, 4.69) is 45.5 Å². The molecule has 0 spiro atoms. The van der Waals surface area contributed by atoms with Gasteiger partial charge in [0.15, 0.2) is 0 Å². The van der Waals surface area contributed by atoms with Gasteiger partial charge in [0.1, 0.15) is 5.82 Å². The summed E-state index contributed by atoms with van der Waals surface area (Å²) < 4.78 is 1.79. The van der Waals surface area contributed by atoms with Crippen LogP contribution in [0.5, 0.6) is 0 Å². The molecule has 1 fully saturated rings. The Kier molecular flexibility index (Phi) is 6.69. The lowest BCUT2D eigenvalue weighted by Crippen LogP contribution is -2.54. The van der Waals surface area contributed by atoms with Gasteiger partial charge in [-0.05, 0) is 51.0 Å². The Balaban J connectivity index is 0.000000868. The van der Waals surface area contributed by atoms with Crippen LogP contribution in [0.2, 0.25) is 0 Å². The number of hydrogen-bond donors (Lipinski definition) is 3. The van der Waals surface area contributed by atoms with Crippen molar-refractivity contribution in [3.63, 3.8) is 0 Å². The predicted octanol–water partition coefficient (Wildman–Crippen LogP) is 2.76. The second kappa shape index (κ2) is 9.68. The van der Waals surface area contributed by atoms with Crippen molar-refractivity contribution in [2.24, 2.45) is 7.05 Å². The van der Waals surface area contributed by atoms with E-state index in [1.54, 1.807) is 9.58 Å². The summed E-state index contributed by atoms with van der Waals surface area (Å²) in [6, 6.07) is 6.74. The Labute approximate surface area is 198 Å². The molecule has 10 heteroatoms. The number of fused-ring (bicyclic) bond motifs is 2. The number of benzene rings is 1. The van der Waals surface area contributed by atoms with Crippen molar-refractivity contribution in [3.05, 3.63) is 41.7 Å². The maximum absolute atomic E-state index is 13.2. The summed E-state index contributed by atoms with van der Waals surface area (Å²) in [5.41, 5.74) is 5.14. The molecule has 1 aromatic carbocycles. The third kappa shape index (κ3) is 4.67. The highest BCUT2D eigenvalue weighted by molar-refractivity contribution is 6.04. The molecule has 0 unspecified atom stereocenters. The molecule has 5 rings (SSSR count). The lowest BCUT2D eigenvalue weighted by Gasteiger charge is -2.38. The largest absolute Gasteiger partial charge is 0.483 e. The molecule has 0 bridgehead atoms. The van der Waals surface area contributed by atoms with Gasteiger partial charge in [0, 0.05) is 73.5 Å². The number of aryl methyl sites for hydroxylation is 2. The SMILES string of the molecule is Cc1cc(NC(=O)N2CCc3c(N4C[C@@H](C)N[C@@H](C)C4)ccnc32)cc2cn(C)nc12.O=CO. The Morgan fingerprint density at radius 3 is 2.68 bits per heavy atom. The third-order valence-corrected chi connectivity index (χ3v) is 6.16. The Hall–Kier alpha value is -3.66. The van der Waals surface area contributed by atoms with E-state index in [1.165, 1.54) is 5.69 Å². The van der Waals surface area contributed by atoms with Crippen molar-refractivity contribution in [2.75, 3.05) is 34.8 Å². The lowest BCUT2D eigenvalue weighted by molar-refractivity contribution is -0.122. The summed E-state index contributed by atoms with van der Waals surface area (Å²) in [4.78, 5) is 30.3. The summed E-state index contributed by atoms with van der Waals surface area (Å²) in [5.74, 6) is 0.771. The van der Waals surface area contributed by atoms with Crippen LogP contribution in [-0.2, 0) is 18.3 Å². The van der Waals surface area contributed by atoms with Gasteiger partial charge in [0.2, 0.25) is 0 Å². The number of urea groups is 1. The van der Waals surface area contributed by atoms with E-state index in [0.29, 0.717) is 18.6 Å². The molecule has 34 heavy (non-hydrogen) atoms. The van der Waals surface area contributed by atoms with Gasteiger partial charge >= 0.3 is 6.03 Å². The lowest BCUT2D eigenvalue weighted by atomic mass is 10.1. The number of carbonyl (C=O) groups excluding carboxylic acids is 1. The van der Waals surface area contributed by atoms with Crippen molar-refractivity contribution >= 4 is 40.6 Å². The van der Waals surface area contributed by atoms with Gasteiger partial charge in [-0.1, -0.05) is 0 Å². The number of aromatic nitrogens is 3. The first-order chi connectivity index (χ1) is 16.3. The minimum Gasteiger partial charge on any atom is -0.483 e. The fourth-order valence-corrected chi connectivity index (χ4v) is 4.98. The molecular formula is C24H31N7O3. The van der Waals surface area contributed by atoms with E-state index in [4.69, 9.17) is 9.90 Å². The molecule has 4 heterocycles. The van der Waals surface area contributed by atoms with Crippen LogP contribution in [0.1, 0.15) is 25.0 Å². The maximum atomic E-state index is 13.2. The van der Waals surface area contributed by atoms with Crippen LogP contribution in [0.3, 0.4) is 0 Å². The first-order valence-corrected chi connectivity index (χ1v) is 11.4. The molecule has 0 aliphatic carbocycles. The maximum Gasteiger partial charge on any atom is 0.327 e. The van der Waals surface area contributed by atoms with Gasteiger partial charge in [-0.15, -0.1) is 0 Å². The summed E-state index contributed by atoms with van der Waals surface area (Å²) in [6.45, 7) is 8.74. The number of carboxylic acid groups (broad SMARTS) is 1. The van der Waals surface area contributed by atoms with Crippen molar-refractivity contribution in [3.8, 4) is 0 Å². The van der Waals surface area contributed by atoms with Crippen LogP contribution in [0.15, 0.2) is 30.6 Å². The zero-order valence-electron chi connectivity index (χ0n) is 19.9. The zero-order valence-corrected chi connectivity index (χ0v) is 19.9. The minimum atomic E-state index is -0.250. The van der Waals surface area contributed by atoms with Crippen molar-refractivity contribution in [2.45, 2.75) is 39.3 Å². The van der Waals surface area contributed by atoms with Crippen molar-refractivity contribution < 1.29 is 14.7 Å². The van der Waals surface area contributed by atoms with E-state index in [0.717, 1.165) is 53.0 Å². The first kappa shape index (κ1) is 23.5. The highest BCUT2D eigenvalue weighted by Gasteiger charge is 2.31. The number of nitrogens with one attached hydrogen (secondary N) is 2. The van der Waals surface area contributed by atoms with Crippen molar-refractivity contribution in [1.82, 2.24) is 20.1 Å². The molecule has 10 nitrogen and oxygen atoms in total. The summed E-state index contributed by atoms with van der Waals surface area (Å²) in [6.07, 6.45) is 4.61. The monoisotopic (exact) mass is 465 g/mol. The highest BCUT2D eigenvalue weighted by Crippen LogP contribution is 2.35. The standard InChI is InChI=1S/C23H29N7O.CH2O2/c1-14-9-18(10-17-13-28(4)27-21(14)17)26-23(31)30-8-6-19-20(5-7-24-22(19)30)29-11-15(2)25-16(3)12-29;2-1-3/h5,7,9-10,13,15-16,25H,6,8,11-12H2,1-4H3,(H,26,31);1H,(H,2,3)/t15-,16+;. The zero-order chi connectivity index (χ0) is 24.4. The Bertz CT molecular complexity index is 1200. The Morgan fingerprint density at radius 2 is 1.97 bits per heavy atom. The van der Waals surface area contributed by atoms with E-state index >= 15 is 0 Å². The van der Waals surface area contributed by atoms with E-state index in [-0.39, 0.29) is 12.5 Å². The molecule has 3 aromatic rings. The average Bonchev–Trinajstić information content (AvgIpc) is 3.37. The van der Waals surface area contributed by atoms with Gasteiger partial charge in [0.25, 0.3) is 6.47 Å². The Morgan fingerprint density at radius 1 is 1.26 bits per heavy atom. The number of nitrogens with zero attached hydrogens (tertiary/aromatic N) is 5.